The number of nitrogens with zero attached hydrogens (tertiary/aromatic N) is 1. The Labute approximate surface area is 133 Å². The van der Waals surface area contributed by atoms with Gasteiger partial charge in [0, 0.05) is 13.0 Å². The molecule has 0 aliphatic carbocycles. The smallest absolute Gasteiger partial charge is 0.306 e. The Hall–Kier alpha value is -2.70. The Morgan fingerprint density at radius 3 is 2.87 bits per heavy atom. The lowest BCUT2D eigenvalue weighted by atomic mass is 10.2. The Morgan fingerprint density at radius 2 is 2.09 bits per heavy atom. The molecule has 0 radical (unpaired) electrons. The molecule has 2 aromatic rings. The van der Waals surface area contributed by atoms with E-state index in [1.165, 1.54) is 0 Å². The van der Waals surface area contributed by atoms with Crippen LogP contribution < -0.4 is 10.9 Å². The number of aromatic nitrogens is 2. The largest absolute Gasteiger partial charge is 0.456 e. The van der Waals surface area contributed by atoms with Crippen LogP contribution in [0.4, 0.5) is 0 Å². The minimum atomic E-state index is -0.507. The van der Waals surface area contributed by atoms with Crippen molar-refractivity contribution in [3.05, 3.63) is 40.4 Å². The third-order valence-corrected chi connectivity index (χ3v) is 3.16. The maximum atomic E-state index is 11.9. The summed E-state index contributed by atoms with van der Waals surface area (Å²) in [5.41, 5.74) is 0.344. The number of H-pyrrole nitrogens is 1. The first-order chi connectivity index (χ1) is 11.1. The van der Waals surface area contributed by atoms with Gasteiger partial charge in [-0.05, 0) is 18.6 Å². The van der Waals surface area contributed by atoms with Crippen molar-refractivity contribution in [3.63, 3.8) is 0 Å². The molecule has 2 rings (SSSR count). The summed E-state index contributed by atoms with van der Waals surface area (Å²) in [6, 6.07) is 6.99. The highest BCUT2D eigenvalue weighted by molar-refractivity contribution is 5.80. The van der Waals surface area contributed by atoms with Crippen molar-refractivity contribution >= 4 is 22.8 Å². The van der Waals surface area contributed by atoms with Crippen LogP contribution in [0.2, 0.25) is 0 Å². The summed E-state index contributed by atoms with van der Waals surface area (Å²) in [7, 11) is 0. The number of benzene rings is 1. The summed E-state index contributed by atoms with van der Waals surface area (Å²) in [5.74, 6) is -0.411. The number of para-hydroxylation sites is 1. The Morgan fingerprint density at radius 1 is 1.30 bits per heavy atom. The highest BCUT2D eigenvalue weighted by atomic mass is 16.5. The van der Waals surface area contributed by atoms with Gasteiger partial charge in [-0.2, -0.15) is 0 Å². The van der Waals surface area contributed by atoms with Crippen molar-refractivity contribution in [1.82, 2.24) is 15.3 Å². The molecule has 0 spiro atoms. The van der Waals surface area contributed by atoms with Crippen LogP contribution in [0, 0.1) is 0 Å². The van der Waals surface area contributed by atoms with Gasteiger partial charge in [0.15, 0.2) is 6.61 Å². The van der Waals surface area contributed by atoms with Crippen LogP contribution in [0.1, 0.15) is 25.6 Å². The molecule has 0 fully saturated rings. The molecule has 23 heavy (non-hydrogen) atoms. The lowest BCUT2D eigenvalue weighted by Gasteiger charge is -2.06. The maximum Gasteiger partial charge on any atom is 0.306 e. The number of rotatable bonds is 7. The molecule has 2 N–H and O–H groups in total. The maximum absolute atomic E-state index is 11.9. The molecule has 0 saturated carbocycles. The van der Waals surface area contributed by atoms with E-state index in [2.05, 4.69) is 15.3 Å². The fraction of sp³-hybridized carbons (Fsp3) is 0.375. The number of esters is 1. The van der Waals surface area contributed by atoms with Gasteiger partial charge >= 0.3 is 5.97 Å². The monoisotopic (exact) mass is 317 g/mol. The molecule has 7 nitrogen and oxygen atoms in total. The van der Waals surface area contributed by atoms with Gasteiger partial charge in [0.1, 0.15) is 5.82 Å². The van der Waals surface area contributed by atoms with Crippen molar-refractivity contribution in [2.75, 3.05) is 13.2 Å². The van der Waals surface area contributed by atoms with E-state index >= 15 is 0 Å². The van der Waals surface area contributed by atoms with Crippen LogP contribution in [0.3, 0.4) is 0 Å². The van der Waals surface area contributed by atoms with E-state index in [9.17, 15) is 14.4 Å². The van der Waals surface area contributed by atoms with Crippen LogP contribution >= 0.6 is 0 Å². The van der Waals surface area contributed by atoms with Crippen LogP contribution in [0.15, 0.2) is 29.1 Å². The van der Waals surface area contributed by atoms with Gasteiger partial charge in [-0.3, -0.25) is 14.4 Å². The zero-order valence-corrected chi connectivity index (χ0v) is 12.9. The molecule has 0 aliphatic heterocycles. The number of hydrogen-bond donors (Lipinski definition) is 2. The topological polar surface area (TPSA) is 101 Å². The van der Waals surface area contributed by atoms with Crippen molar-refractivity contribution in [1.29, 1.82) is 0 Å². The minimum Gasteiger partial charge on any atom is -0.456 e. The third kappa shape index (κ3) is 4.91. The Balaban J connectivity index is 1.87. The Bertz CT molecular complexity index is 754. The van der Waals surface area contributed by atoms with Crippen molar-refractivity contribution in [2.24, 2.45) is 0 Å². The van der Waals surface area contributed by atoms with Gasteiger partial charge < -0.3 is 15.0 Å². The summed E-state index contributed by atoms with van der Waals surface area (Å²) in [5, 5.41) is 3.12. The molecule has 0 unspecified atom stereocenters. The van der Waals surface area contributed by atoms with Crippen molar-refractivity contribution in [3.8, 4) is 0 Å². The van der Waals surface area contributed by atoms with Gasteiger partial charge in [-0.25, -0.2) is 4.98 Å². The second-order valence-electron chi connectivity index (χ2n) is 5.04. The number of fused-ring (bicyclic) bond motifs is 1. The fourth-order valence-electron chi connectivity index (χ4n) is 2.01. The molecule has 1 aromatic carbocycles. The second-order valence-corrected chi connectivity index (χ2v) is 5.04. The van der Waals surface area contributed by atoms with E-state index in [-0.39, 0.29) is 30.9 Å². The van der Waals surface area contributed by atoms with Crippen LogP contribution in [-0.4, -0.2) is 35.0 Å². The predicted octanol–water partition coefficient (Wildman–Crippen LogP) is 0.925. The van der Waals surface area contributed by atoms with Crippen molar-refractivity contribution < 1.29 is 14.3 Å². The van der Waals surface area contributed by atoms with E-state index in [4.69, 9.17) is 4.74 Å². The molecule has 7 heteroatoms. The normalized spacial score (nSPS) is 10.5. The van der Waals surface area contributed by atoms with Crippen molar-refractivity contribution in [2.45, 2.75) is 26.2 Å². The summed E-state index contributed by atoms with van der Waals surface area (Å²) in [4.78, 5) is 41.8. The SMILES string of the molecule is CCCNC(=O)COC(=O)CCc1nc2ccccc2c(=O)[nH]1. The fourth-order valence-corrected chi connectivity index (χ4v) is 2.01. The predicted molar refractivity (Wildman–Crippen MR) is 84.9 cm³/mol. The van der Waals surface area contributed by atoms with Crippen LogP contribution in [-0.2, 0) is 20.7 Å². The average Bonchev–Trinajstić information content (AvgIpc) is 2.56. The molecule has 0 aliphatic rings. The molecule has 0 bridgehead atoms. The van der Waals surface area contributed by atoms with Crippen LogP contribution in [0.5, 0.6) is 0 Å². The molecular formula is C16H19N3O4. The van der Waals surface area contributed by atoms with Crippen LogP contribution in [0.25, 0.3) is 10.9 Å². The summed E-state index contributed by atoms with van der Waals surface area (Å²) >= 11 is 0. The third-order valence-electron chi connectivity index (χ3n) is 3.16. The molecule has 1 heterocycles. The highest BCUT2D eigenvalue weighted by Gasteiger charge is 2.09. The van der Waals surface area contributed by atoms with Gasteiger partial charge in [0.25, 0.3) is 11.5 Å². The first-order valence-corrected chi connectivity index (χ1v) is 7.50. The van der Waals surface area contributed by atoms with E-state index < -0.39 is 5.97 Å². The number of carbonyl (C=O) groups is 2. The molecular weight excluding hydrogens is 298 g/mol. The summed E-state index contributed by atoms with van der Waals surface area (Å²) in [6.45, 7) is 2.20. The molecule has 1 aromatic heterocycles. The number of nitrogens with one attached hydrogen (secondary N) is 2. The number of aromatic amines is 1. The Kier molecular flexibility index (Phi) is 5.85. The summed E-state index contributed by atoms with van der Waals surface area (Å²) < 4.78 is 4.87. The zero-order valence-electron chi connectivity index (χ0n) is 12.9. The lowest BCUT2D eigenvalue weighted by molar-refractivity contribution is -0.148. The van der Waals surface area contributed by atoms with E-state index in [0.29, 0.717) is 23.3 Å². The number of hydrogen-bond acceptors (Lipinski definition) is 5. The molecule has 1 amide bonds. The van der Waals surface area contributed by atoms with E-state index in [1.54, 1.807) is 24.3 Å². The van der Waals surface area contributed by atoms with E-state index in [0.717, 1.165) is 6.42 Å². The number of carbonyl (C=O) groups excluding carboxylic acids is 2. The van der Waals surface area contributed by atoms with Gasteiger partial charge in [0.05, 0.1) is 17.3 Å². The minimum absolute atomic E-state index is 0.0440. The zero-order chi connectivity index (χ0) is 16.7. The molecule has 122 valence electrons. The first kappa shape index (κ1) is 16.7. The first-order valence-electron chi connectivity index (χ1n) is 7.50. The number of aryl methyl sites for hydroxylation is 1. The second kappa shape index (κ2) is 8.07. The quantitative estimate of drug-likeness (QED) is 0.740. The standard InChI is InChI=1S/C16H19N3O4/c1-2-9-17-14(20)10-23-15(21)8-7-13-18-12-6-4-3-5-11(12)16(22)19-13/h3-6H,2,7-10H2,1H3,(H,17,20)(H,18,19,22). The van der Waals surface area contributed by atoms with Gasteiger partial charge in [-0.15, -0.1) is 0 Å². The summed E-state index contributed by atoms with van der Waals surface area (Å²) in [6.07, 6.45) is 1.11. The van der Waals surface area contributed by atoms with E-state index in [1.807, 2.05) is 6.92 Å². The molecule has 0 saturated heterocycles. The van der Waals surface area contributed by atoms with Gasteiger partial charge in [-0.1, -0.05) is 19.1 Å². The van der Waals surface area contributed by atoms with Gasteiger partial charge in [0.2, 0.25) is 0 Å². The average molecular weight is 317 g/mol. The highest BCUT2D eigenvalue weighted by Crippen LogP contribution is 2.06. The molecule has 0 atom stereocenters. The lowest BCUT2D eigenvalue weighted by Crippen LogP contribution is -2.29. The number of amides is 1. The number of ether oxygens (including phenoxy) is 1.